The van der Waals surface area contributed by atoms with E-state index in [0.29, 0.717) is 17.3 Å². The highest BCUT2D eigenvalue weighted by Gasteiger charge is 2.05. The van der Waals surface area contributed by atoms with Crippen molar-refractivity contribution in [3.05, 3.63) is 35.1 Å². The Labute approximate surface area is 117 Å². The molecular weight excluding hydrogens is 264 g/mol. The van der Waals surface area contributed by atoms with Gasteiger partial charge >= 0.3 is 0 Å². The second kappa shape index (κ2) is 5.93. The molecule has 0 aliphatic carbocycles. The van der Waals surface area contributed by atoms with Gasteiger partial charge in [-0.15, -0.1) is 0 Å². The van der Waals surface area contributed by atoms with E-state index in [2.05, 4.69) is 15.5 Å². The maximum atomic E-state index is 6.16. The normalized spacial score (nSPS) is 10.8. The van der Waals surface area contributed by atoms with Crippen LogP contribution < -0.4 is 10.1 Å². The largest absolute Gasteiger partial charge is 0.489 e. The van der Waals surface area contributed by atoms with Gasteiger partial charge < -0.3 is 10.1 Å². The lowest BCUT2D eigenvalue weighted by Gasteiger charge is -2.12. The van der Waals surface area contributed by atoms with E-state index in [0.717, 1.165) is 11.4 Å². The van der Waals surface area contributed by atoms with E-state index in [-0.39, 0.29) is 6.10 Å². The van der Waals surface area contributed by atoms with Gasteiger partial charge in [-0.05, 0) is 32.0 Å². The van der Waals surface area contributed by atoms with Gasteiger partial charge in [-0.3, -0.25) is 0 Å². The molecular formula is C13H17ClN4O. The number of nitrogens with zero attached hydrogens (tertiary/aromatic N) is 3. The molecule has 0 unspecified atom stereocenters. The summed E-state index contributed by atoms with van der Waals surface area (Å²) in [6.07, 6.45) is 1.83. The van der Waals surface area contributed by atoms with Gasteiger partial charge in [0.1, 0.15) is 11.4 Å². The third kappa shape index (κ3) is 3.86. The lowest BCUT2D eigenvalue weighted by molar-refractivity contribution is 0.242. The van der Waals surface area contributed by atoms with E-state index < -0.39 is 0 Å². The molecule has 6 heteroatoms. The van der Waals surface area contributed by atoms with Gasteiger partial charge in [0, 0.05) is 12.7 Å². The highest BCUT2D eigenvalue weighted by molar-refractivity contribution is 6.32. The van der Waals surface area contributed by atoms with Gasteiger partial charge in [-0.25, -0.2) is 0 Å². The summed E-state index contributed by atoms with van der Waals surface area (Å²) in [4.78, 5) is 1.53. The van der Waals surface area contributed by atoms with Crippen molar-refractivity contribution < 1.29 is 4.74 Å². The number of halogens is 1. The number of rotatable bonds is 5. The molecule has 1 heterocycles. The molecule has 1 N–H and O–H groups in total. The molecule has 0 atom stereocenters. The number of benzene rings is 1. The summed E-state index contributed by atoms with van der Waals surface area (Å²) < 4.78 is 5.58. The summed E-state index contributed by atoms with van der Waals surface area (Å²) in [5.41, 5.74) is 1.80. The van der Waals surface area contributed by atoms with Crippen LogP contribution in [-0.2, 0) is 13.6 Å². The fraction of sp³-hybridized carbons (Fsp3) is 0.385. The van der Waals surface area contributed by atoms with E-state index in [1.165, 1.54) is 4.80 Å². The molecule has 0 saturated carbocycles. The van der Waals surface area contributed by atoms with E-state index in [9.17, 15) is 0 Å². The lowest BCUT2D eigenvalue weighted by atomic mass is 10.3. The van der Waals surface area contributed by atoms with Gasteiger partial charge in [0.05, 0.1) is 23.9 Å². The number of hydrogen-bond donors (Lipinski definition) is 1. The Morgan fingerprint density at radius 1 is 1.42 bits per heavy atom. The number of nitrogens with one attached hydrogen (secondary N) is 1. The van der Waals surface area contributed by atoms with Gasteiger partial charge in [0.15, 0.2) is 0 Å². The summed E-state index contributed by atoms with van der Waals surface area (Å²) in [6, 6.07) is 5.64. The van der Waals surface area contributed by atoms with Crippen molar-refractivity contribution in [1.82, 2.24) is 15.0 Å². The zero-order valence-corrected chi connectivity index (χ0v) is 12.0. The highest BCUT2D eigenvalue weighted by Crippen LogP contribution is 2.28. The van der Waals surface area contributed by atoms with Gasteiger partial charge in [-0.2, -0.15) is 15.0 Å². The molecule has 2 aromatic rings. The van der Waals surface area contributed by atoms with Crippen LogP contribution >= 0.6 is 11.6 Å². The molecule has 5 nitrogen and oxygen atoms in total. The summed E-state index contributed by atoms with van der Waals surface area (Å²) in [5, 5.41) is 12.0. The van der Waals surface area contributed by atoms with E-state index in [4.69, 9.17) is 16.3 Å². The Hall–Kier alpha value is -1.75. The van der Waals surface area contributed by atoms with Crippen LogP contribution in [0.4, 0.5) is 5.69 Å². The van der Waals surface area contributed by atoms with Crippen molar-refractivity contribution in [1.29, 1.82) is 0 Å². The quantitative estimate of drug-likeness (QED) is 0.915. The van der Waals surface area contributed by atoms with Crippen LogP contribution in [-0.4, -0.2) is 21.1 Å². The molecule has 19 heavy (non-hydrogen) atoms. The minimum Gasteiger partial charge on any atom is -0.489 e. The first-order valence-corrected chi connectivity index (χ1v) is 6.47. The zero-order chi connectivity index (χ0) is 13.8. The van der Waals surface area contributed by atoms with Crippen molar-refractivity contribution in [3.63, 3.8) is 0 Å². The Morgan fingerprint density at radius 2 is 2.21 bits per heavy atom. The van der Waals surface area contributed by atoms with E-state index in [1.54, 1.807) is 13.2 Å². The predicted octanol–water partition coefficient (Wildman–Crippen LogP) is 2.87. The molecule has 0 bridgehead atoms. The summed E-state index contributed by atoms with van der Waals surface area (Å²) in [7, 11) is 1.79. The molecule has 102 valence electrons. The topological polar surface area (TPSA) is 52.0 Å². The summed E-state index contributed by atoms with van der Waals surface area (Å²) >= 11 is 6.16. The second-order valence-corrected chi connectivity index (χ2v) is 4.90. The smallest absolute Gasteiger partial charge is 0.138 e. The van der Waals surface area contributed by atoms with Crippen molar-refractivity contribution in [2.75, 3.05) is 5.32 Å². The monoisotopic (exact) mass is 280 g/mol. The van der Waals surface area contributed by atoms with E-state index >= 15 is 0 Å². The minimum atomic E-state index is 0.107. The fourth-order valence-corrected chi connectivity index (χ4v) is 1.85. The predicted molar refractivity (Wildman–Crippen MR) is 75.5 cm³/mol. The lowest BCUT2D eigenvalue weighted by Crippen LogP contribution is -2.06. The second-order valence-electron chi connectivity index (χ2n) is 4.49. The standard InChI is InChI=1S/C13H17ClN4O/c1-9(2)19-13-5-4-10(6-12(13)14)15-7-11-8-16-18(3)17-11/h4-6,8-9,15H,7H2,1-3H3. The van der Waals surface area contributed by atoms with Crippen molar-refractivity contribution in [3.8, 4) is 5.75 Å². The van der Waals surface area contributed by atoms with E-state index in [1.807, 2.05) is 32.0 Å². The maximum absolute atomic E-state index is 6.16. The first kappa shape index (κ1) is 13.7. The number of aryl methyl sites for hydroxylation is 1. The first-order chi connectivity index (χ1) is 9.04. The van der Waals surface area contributed by atoms with Crippen LogP contribution in [0.1, 0.15) is 19.5 Å². The van der Waals surface area contributed by atoms with Crippen LogP contribution in [0.25, 0.3) is 0 Å². The van der Waals surface area contributed by atoms with Gasteiger partial charge in [0.2, 0.25) is 0 Å². The Kier molecular flexibility index (Phi) is 4.27. The SMILES string of the molecule is CC(C)Oc1ccc(NCc2cnn(C)n2)cc1Cl. The molecule has 0 aliphatic heterocycles. The summed E-state index contributed by atoms with van der Waals surface area (Å²) in [5.74, 6) is 0.696. The maximum Gasteiger partial charge on any atom is 0.138 e. The average molecular weight is 281 g/mol. The van der Waals surface area contributed by atoms with Crippen LogP contribution in [0.15, 0.2) is 24.4 Å². The van der Waals surface area contributed by atoms with Crippen LogP contribution in [0, 0.1) is 0 Å². The molecule has 0 radical (unpaired) electrons. The van der Waals surface area contributed by atoms with Crippen molar-refractivity contribution in [2.45, 2.75) is 26.5 Å². The molecule has 0 fully saturated rings. The van der Waals surface area contributed by atoms with Crippen LogP contribution in [0.3, 0.4) is 0 Å². The zero-order valence-electron chi connectivity index (χ0n) is 11.2. The van der Waals surface area contributed by atoms with Crippen LogP contribution in [0.2, 0.25) is 5.02 Å². The third-order valence-corrected chi connectivity index (χ3v) is 2.71. The minimum absolute atomic E-state index is 0.107. The molecule has 2 rings (SSSR count). The Bertz CT molecular complexity index is 553. The Morgan fingerprint density at radius 3 is 2.79 bits per heavy atom. The van der Waals surface area contributed by atoms with Gasteiger partial charge in [-0.1, -0.05) is 11.6 Å². The number of aromatic nitrogens is 3. The molecule has 1 aromatic carbocycles. The molecule has 0 saturated heterocycles. The molecule has 0 amide bonds. The van der Waals surface area contributed by atoms with Crippen molar-refractivity contribution in [2.24, 2.45) is 7.05 Å². The number of hydrogen-bond acceptors (Lipinski definition) is 4. The average Bonchev–Trinajstić information content (AvgIpc) is 2.75. The highest BCUT2D eigenvalue weighted by atomic mass is 35.5. The van der Waals surface area contributed by atoms with Crippen molar-refractivity contribution >= 4 is 17.3 Å². The third-order valence-electron chi connectivity index (χ3n) is 2.42. The molecule has 1 aromatic heterocycles. The number of anilines is 1. The fourth-order valence-electron chi connectivity index (χ4n) is 1.62. The Balaban J connectivity index is 1.99. The summed E-state index contributed by atoms with van der Waals surface area (Å²) in [6.45, 7) is 4.54. The van der Waals surface area contributed by atoms with Crippen LogP contribution in [0.5, 0.6) is 5.75 Å². The number of ether oxygens (including phenoxy) is 1. The molecule has 0 spiro atoms. The molecule has 0 aliphatic rings. The first-order valence-electron chi connectivity index (χ1n) is 6.10. The van der Waals surface area contributed by atoms with Gasteiger partial charge in [0.25, 0.3) is 0 Å².